The summed E-state index contributed by atoms with van der Waals surface area (Å²) in [6.45, 7) is -1.10. The van der Waals surface area contributed by atoms with E-state index in [1.807, 2.05) is 0 Å². The average Bonchev–Trinajstić information content (AvgIpc) is 2.87. The smallest absolute Gasteiger partial charge is 0.326 e. The van der Waals surface area contributed by atoms with Gasteiger partial charge in [-0.25, -0.2) is 4.39 Å². The summed E-state index contributed by atoms with van der Waals surface area (Å²) in [7, 11) is 0. The Hall–Kier alpha value is -1.81. The van der Waals surface area contributed by atoms with Crippen LogP contribution in [-0.4, -0.2) is 51.4 Å². The predicted octanol–water partition coefficient (Wildman–Crippen LogP) is 2.23. The minimum atomic E-state index is -0.847. The van der Waals surface area contributed by atoms with Crippen molar-refractivity contribution in [2.24, 2.45) is 11.8 Å². The van der Waals surface area contributed by atoms with Gasteiger partial charge in [0.1, 0.15) is 12.4 Å². The quantitative estimate of drug-likeness (QED) is 0.366. The van der Waals surface area contributed by atoms with Crippen LogP contribution in [0.4, 0.5) is 10.1 Å². The van der Waals surface area contributed by atoms with E-state index in [0.717, 1.165) is 4.90 Å². The first kappa shape index (κ1) is 20.9. The summed E-state index contributed by atoms with van der Waals surface area (Å²) >= 11 is 6.99. The third kappa shape index (κ3) is 4.60. The molecule has 1 aromatic rings. The van der Waals surface area contributed by atoms with E-state index < -0.39 is 42.7 Å². The van der Waals surface area contributed by atoms with Gasteiger partial charge in [0.2, 0.25) is 11.8 Å². The van der Waals surface area contributed by atoms with Gasteiger partial charge < -0.3 is 10.1 Å². The maximum absolute atomic E-state index is 12.8. The van der Waals surface area contributed by atoms with Gasteiger partial charge in [-0.3, -0.25) is 24.1 Å². The van der Waals surface area contributed by atoms with Crippen molar-refractivity contribution >= 4 is 61.2 Å². The lowest BCUT2D eigenvalue weighted by Gasteiger charge is -2.29. The van der Waals surface area contributed by atoms with Crippen LogP contribution in [0.5, 0.6) is 0 Å². The SMILES string of the molecule is O=C(COC(=O)CN1C(=O)[C@H]2C[C@@H](Br)[C@@H](Br)C[C@H]2C1=O)Nc1ccc(F)cc1. The Morgan fingerprint density at radius 1 is 1.07 bits per heavy atom. The Labute approximate surface area is 177 Å². The lowest BCUT2D eigenvalue weighted by Crippen LogP contribution is -2.37. The van der Waals surface area contributed by atoms with Crippen LogP contribution < -0.4 is 5.32 Å². The maximum atomic E-state index is 12.8. The first-order chi connectivity index (χ1) is 13.3. The van der Waals surface area contributed by atoms with Crippen LogP contribution in [0.25, 0.3) is 0 Å². The molecular formula is C18H17Br2FN2O5. The molecule has 4 atom stereocenters. The Bertz CT molecular complexity index is 776. The third-order valence-electron chi connectivity index (χ3n) is 4.78. The number of carbonyl (C=O) groups excluding carboxylic acids is 4. The van der Waals surface area contributed by atoms with E-state index in [-0.39, 0.29) is 21.5 Å². The number of hydrogen-bond donors (Lipinski definition) is 1. The molecule has 1 saturated heterocycles. The molecule has 150 valence electrons. The van der Waals surface area contributed by atoms with Gasteiger partial charge in [-0.1, -0.05) is 31.9 Å². The van der Waals surface area contributed by atoms with E-state index in [2.05, 4.69) is 37.2 Å². The highest BCUT2D eigenvalue weighted by molar-refractivity contribution is 9.12. The van der Waals surface area contributed by atoms with Gasteiger partial charge in [0.25, 0.3) is 5.91 Å². The minimum Gasteiger partial charge on any atom is -0.454 e. The second kappa shape index (κ2) is 8.69. The zero-order valence-corrected chi connectivity index (χ0v) is 17.7. The average molecular weight is 520 g/mol. The molecule has 1 aromatic carbocycles. The second-order valence-corrected chi connectivity index (χ2v) is 9.05. The number of anilines is 1. The normalized spacial score (nSPS) is 26.8. The first-order valence-electron chi connectivity index (χ1n) is 8.60. The number of rotatable bonds is 5. The van der Waals surface area contributed by atoms with Crippen molar-refractivity contribution in [2.45, 2.75) is 22.5 Å². The number of fused-ring (bicyclic) bond motifs is 1. The molecule has 3 amide bonds. The lowest BCUT2D eigenvalue weighted by molar-refractivity contribution is -0.154. The molecule has 1 heterocycles. The molecule has 7 nitrogen and oxygen atoms in total. The summed E-state index contributed by atoms with van der Waals surface area (Å²) < 4.78 is 17.7. The molecule has 0 radical (unpaired) electrons. The Morgan fingerprint density at radius 3 is 2.14 bits per heavy atom. The molecule has 1 aliphatic carbocycles. The number of carbonyl (C=O) groups is 4. The molecule has 1 saturated carbocycles. The number of amides is 3. The number of nitrogens with zero attached hydrogens (tertiary/aromatic N) is 1. The molecule has 1 aliphatic heterocycles. The molecule has 28 heavy (non-hydrogen) atoms. The number of imide groups is 1. The molecule has 0 unspecified atom stereocenters. The fraction of sp³-hybridized carbons (Fsp3) is 0.444. The number of halogens is 3. The molecule has 0 aromatic heterocycles. The summed E-state index contributed by atoms with van der Waals surface area (Å²) in [6.07, 6.45) is 1.02. The summed E-state index contributed by atoms with van der Waals surface area (Å²) in [5.74, 6) is -3.56. The number of likely N-dealkylation sites (tertiary alicyclic amines) is 1. The molecule has 3 rings (SSSR count). The van der Waals surface area contributed by atoms with E-state index in [4.69, 9.17) is 4.74 Å². The highest BCUT2D eigenvalue weighted by Gasteiger charge is 2.52. The van der Waals surface area contributed by atoms with E-state index in [9.17, 15) is 23.6 Å². The van der Waals surface area contributed by atoms with E-state index in [0.29, 0.717) is 18.5 Å². The van der Waals surface area contributed by atoms with Crippen LogP contribution in [0, 0.1) is 17.7 Å². The topological polar surface area (TPSA) is 92.8 Å². The van der Waals surface area contributed by atoms with Crippen molar-refractivity contribution in [1.29, 1.82) is 0 Å². The number of ether oxygens (including phenoxy) is 1. The van der Waals surface area contributed by atoms with Crippen molar-refractivity contribution in [3.63, 3.8) is 0 Å². The summed E-state index contributed by atoms with van der Waals surface area (Å²) in [4.78, 5) is 49.9. The number of alkyl halides is 2. The molecule has 10 heteroatoms. The zero-order chi connectivity index (χ0) is 20.4. The fourth-order valence-corrected chi connectivity index (χ4v) is 4.61. The van der Waals surface area contributed by atoms with Crippen molar-refractivity contribution < 1.29 is 28.3 Å². The van der Waals surface area contributed by atoms with Crippen molar-refractivity contribution in [3.8, 4) is 0 Å². The third-order valence-corrected chi connectivity index (χ3v) is 7.52. The molecule has 0 spiro atoms. The Morgan fingerprint density at radius 2 is 1.61 bits per heavy atom. The van der Waals surface area contributed by atoms with Crippen molar-refractivity contribution in [2.75, 3.05) is 18.5 Å². The van der Waals surface area contributed by atoms with Gasteiger partial charge >= 0.3 is 5.97 Å². The van der Waals surface area contributed by atoms with Gasteiger partial charge in [-0.2, -0.15) is 0 Å². The van der Waals surface area contributed by atoms with Crippen molar-refractivity contribution in [3.05, 3.63) is 30.1 Å². The molecular weight excluding hydrogens is 503 g/mol. The standard InChI is InChI=1S/C18H17Br2FN2O5/c19-13-5-11-12(6-14(13)20)18(27)23(17(11)26)7-16(25)28-8-15(24)22-10-3-1-9(21)2-4-10/h1-4,11-14H,5-8H2,(H,22,24)/t11-,12+,13+,14-. The van der Waals surface area contributed by atoms with Crippen molar-refractivity contribution in [1.82, 2.24) is 4.90 Å². The van der Waals surface area contributed by atoms with Gasteiger partial charge in [0, 0.05) is 15.3 Å². The molecule has 2 aliphatic rings. The Balaban J connectivity index is 1.50. The van der Waals surface area contributed by atoms with Crippen LogP contribution >= 0.6 is 31.9 Å². The molecule has 0 bridgehead atoms. The number of benzene rings is 1. The Kier molecular flexibility index (Phi) is 6.49. The fourth-order valence-electron chi connectivity index (χ4n) is 3.37. The van der Waals surface area contributed by atoms with Gasteiger partial charge in [-0.05, 0) is 37.1 Å². The van der Waals surface area contributed by atoms with Gasteiger partial charge in [-0.15, -0.1) is 0 Å². The van der Waals surface area contributed by atoms with Gasteiger partial charge in [0.05, 0.1) is 11.8 Å². The minimum absolute atomic E-state index is 0.0764. The number of esters is 1. The molecule has 2 fully saturated rings. The van der Waals surface area contributed by atoms with Crippen LogP contribution in [0.2, 0.25) is 0 Å². The van der Waals surface area contributed by atoms with E-state index in [1.54, 1.807) is 0 Å². The van der Waals surface area contributed by atoms with Gasteiger partial charge in [0.15, 0.2) is 6.61 Å². The summed E-state index contributed by atoms with van der Waals surface area (Å²) in [5, 5.41) is 2.45. The summed E-state index contributed by atoms with van der Waals surface area (Å²) in [6, 6.07) is 5.10. The largest absolute Gasteiger partial charge is 0.454 e. The lowest BCUT2D eigenvalue weighted by atomic mass is 9.81. The zero-order valence-electron chi connectivity index (χ0n) is 14.6. The maximum Gasteiger partial charge on any atom is 0.326 e. The van der Waals surface area contributed by atoms with E-state index >= 15 is 0 Å². The van der Waals surface area contributed by atoms with E-state index in [1.165, 1.54) is 24.3 Å². The van der Waals surface area contributed by atoms with Crippen LogP contribution in [0.3, 0.4) is 0 Å². The van der Waals surface area contributed by atoms with Crippen LogP contribution in [0.1, 0.15) is 12.8 Å². The monoisotopic (exact) mass is 518 g/mol. The second-order valence-electron chi connectivity index (χ2n) is 6.69. The summed E-state index contributed by atoms with van der Waals surface area (Å²) in [5.41, 5.74) is 0.352. The highest BCUT2D eigenvalue weighted by Crippen LogP contribution is 2.43. The van der Waals surface area contributed by atoms with Crippen LogP contribution in [0.15, 0.2) is 24.3 Å². The predicted molar refractivity (Wildman–Crippen MR) is 104 cm³/mol. The first-order valence-corrected chi connectivity index (χ1v) is 10.4. The highest BCUT2D eigenvalue weighted by atomic mass is 79.9. The number of hydrogen-bond acceptors (Lipinski definition) is 5. The van der Waals surface area contributed by atoms with Crippen LogP contribution in [-0.2, 0) is 23.9 Å². The number of nitrogens with one attached hydrogen (secondary N) is 1. The molecule has 1 N–H and O–H groups in total.